The average molecular weight is 314 g/mol. The lowest BCUT2D eigenvalue weighted by Crippen LogP contribution is -2.43. The fraction of sp³-hybridized carbons (Fsp3) is 0.632. The average Bonchev–Trinajstić information content (AvgIpc) is 2.98. The fourth-order valence-corrected chi connectivity index (χ4v) is 3.79. The van der Waals surface area contributed by atoms with Crippen molar-refractivity contribution >= 4 is 11.0 Å². The Morgan fingerprint density at radius 2 is 2.04 bits per heavy atom. The fourth-order valence-electron chi connectivity index (χ4n) is 3.79. The quantitative estimate of drug-likeness (QED) is 0.916. The standard InChI is InChI=1S/C19H30N4/c1-5-14-7-8-16-17(13-14)21-19(20-16)18(6-2)23(4)15-9-11-22(3)12-10-15/h7-8,13,15,18H,5-6,9-12H2,1-4H3,(H,20,21). The normalized spacial score (nSPS) is 18.8. The van der Waals surface area contributed by atoms with Crippen LogP contribution in [0.1, 0.15) is 50.5 Å². The van der Waals surface area contributed by atoms with E-state index in [1.54, 1.807) is 0 Å². The highest BCUT2D eigenvalue weighted by molar-refractivity contribution is 5.76. The number of rotatable bonds is 5. The molecule has 2 heterocycles. The molecular formula is C19H30N4. The summed E-state index contributed by atoms with van der Waals surface area (Å²) < 4.78 is 0. The maximum Gasteiger partial charge on any atom is 0.124 e. The van der Waals surface area contributed by atoms with Gasteiger partial charge in [-0.1, -0.05) is 19.9 Å². The summed E-state index contributed by atoms with van der Waals surface area (Å²) in [5.41, 5.74) is 3.63. The zero-order valence-corrected chi connectivity index (χ0v) is 15.0. The van der Waals surface area contributed by atoms with E-state index in [-0.39, 0.29) is 0 Å². The first-order valence-electron chi connectivity index (χ1n) is 9.01. The number of aromatic nitrogens is 2. The van der Waals surface area contributed by atoms with Gasteiger partial charge in [0.1, 0.15) is 5.82 Å². The molecule has 1 saturated heterocycles. The maximum atomic E-state index is 4.88. The van der Waals surface area contributed by atoms with E-state index in [0.29, 0.717) is 12.1 Å². The first kappa shape index (κ1) is 16.5. The third-order valence-electron chi connectivity index (χ3n) is 5.43. The number of piperidine rings is 1. The van der Waals surface area contributed by atoms with Gasteiger partial charge in [0.15, 0.2) is 0 Å². The Bertz CT molecular complexity index is 640. The second kappa shape index (κ2) is 7.02. The third-order valence-corrected chi connectivity index (χ3v) is 5.43. The third kappa shape index (κ3) is 3.43. The van der Waals surface area contributed by atoms with Crippen LogP contribution < -0.4 is 0 Å². The van der Waals surface area contributed by atoms with Crippen LogP contribution in [0.15, 0.2) is 18.2 Å². The van der Waals surface area contributed by atoms with Gasteiger partial charge in [0.05, 0.1) is 17.1 Å². The Balaban J connectivity index is 1.82. The molecule has 0 radical (unpaired) electrons. The Labute approximate surface area is 139 Å². The SMILES string of the molecule is CCc1ccc2nc(C(CC)N(C)C3CCN(C)CC3)[nH]c2c1. The van der Waals surface area contributed by atoms with Gasteiger partial charge in [0.25, 0.3) is 0 Å². The molecule has 1 aliphatic rings. The summed E-state index contributed by atoms with van der Waals surface area (Å²) in [6, 6.07) is 7.62. The van der Waals surface area contributed by atoms with Gasteiger partial charge >= 0.3 is 0 Å². The monoisotopic (exact) mass is 314 g/mol. The molecule has 0 spiro atoms. The highest BCUT2D eigenvalue weighted by Gasteiger charge is 2.27. The molecule has 0 aliphatic carbocycles. The Hall–Kier alpha value is -1.39. The molecule has 1 atom stereocenters. The smallest absolute Gasteiger partial charge is 0.124 e. The van der Waals surface area contributed by atoms with Gasteiger partial charge in [-0.2, -0.15) is 0 Å². The highest BCUT2D eigenvalue weighted by atomic mass is 15.2. The number of aryl methyl sites for hydroxylation is 1. The summed E-state index contributed by atoms with van der Waals surface area (Å²) in [4.78, 5) is 13.4. The second-order valence-electron chi connectivity index (χ2n) is 6.95. The summed E-state index contributed by atoms with van der Waals surface area (Å²) in [6.07, 6.45) is 4.66. The van der Waals surface area contributed by atoms with Crippen molar-refractivity contribution in [3.8, 4) is 0 Å². The molecule has 1 aromatic carbocycles. The highest BCUT2D eigenvalue weighted by Crippen LogP contribution is 2.28. The molecule has 1 aliphatic heterocycles. The van der Waals surface area contributed by atoms with Gasteiger partial charge in [-0.05, 0) is 70.6 Å². The minimum atomic E-state index is 0.376. The van der Waals surface area contributed by atoms with Crippen LogP contribution in [0.4, 0.5) is 0 Å². The first-order valence-corrected chi connectivity index (χ1v) is 9.01. The molecule has 4 heteroatoms. The predicted octanol–water partition coefficient (Wildman–Crippen LogP) is 3.60. The largest absolute Gasteiger partial charge is 0.341 e. The van der Waals surface area contributed by atoms with Crippen molar-refractivity contribution in [2.24, 2.45) is 0 Å². The second-order valence-corrected chi connectivity index (χ2v) is 6.95. The van der Waals surface area contributed by atoms with Crippen LogP contribution in [0, 0.1) is 0 Å². The molecule has 0 saturated carbocycles. The molecule has 4 nitrogen and oxygen atoms in total. The zero-order chi connectivity index (χ0) is 16.4. The number of likely N-dealkylation sites (tertiary alicyclic amines) is 1. The first-order chi connectivity index (χ1) is 11.1. The van der Waals surface area contributed by atoms with Gasteiger partial charge in [0.2, 0.25) is 0 Å². The van der Waals surface area contributed by atoms with Crippen molar-refractivity contribution < 1.29 is 0 Å². The van der Waals surface area contributed by atoms with E-state index in [0.717, 1.165) is 24.2 Å². The van der Waals surface area contributed by atoms with E-state index in [4.69, 9.17) is 4.98 Å². The molecule has 1 N–H and O–H groups in total. The van der Waals surface area contributed by atoms with Crippen LogP contribution in [0.3, 0.4) is 0 Å². The number of hydrogen-bond acceptors (Lipinski definition) is 3. The summed E-state index contributed by atoms with van der Waals surface area (Å²) in [7, 11) is 4.49. The Morgan fingerprint density at radius 3 is 2.70 bits per heavy atom. The number of nitrogens with one attached hydrogen (secondary N) is 1. The van der Waals surface area contributed by atoms with Crippen molar-refractivity contribution in [1.82, 2.24) is 19.8 Å². The van der Waals surface area contributed by atoms with Crippen LogP contribution in [-0.2, 0) is 6.42 Å². The summed E-state index contributed by atoms with van der Waals surface area (Å²) in [6.45, 7) is 6.86. The van der Waals surface area contributed by atoms with Crippen LogP contribution >= 0.6 is 0 Å². The molecule has 2 aromatic rings. The molecular weight excluding hydrogens is 284 g/mol. The van der Waals surface area contributed by atoms with E-state index in [1.807, 2.05) is 0 Å². The number of aromatic amines is 1. The lowest BCUT2D eigenvalue weighted by Gasteiger charge is -2.38. The number of imidazole rings is 1. The molecule has 0 bridgehead atoms. The van der Waals surface area contributed by atoms with Gasteiger partial charge in [-0.3, -0.25) is 4.90 Å². The molecule has 1 unspecified atom stereocenters. The minimum absolute atomic E-state index is 0.376. The van der Waals surface area contributed by atoms with Crippen LogP contribution in [0.25, 0.3) is 11.0 Å². The van der Waals surface area contributed by atoms with Gasteiger partial charge in [-0.15, -0.1) is 0 Å². The van der Waals surface area contributed by atoms with Crippen LogP contribution in [-0.4, -0.2) is 53.0 Å². The van der Waals surface area contributed by atoms with E-state index in [2.05, 4.69) is 60.9 Å². The lowest BCUT2D eigenvalue weighted by atomic mass is 10.0. The van der Waals surface area contributed by atoms with E-state index in [9.17, 15) is 0 Å². The van der Waals surface area contributed by atoms with E-state index in [1.165, 1.54) is 37.0 Å². The van der Waals surface area contributed by atoms with Crippen LogP contribution in [0.5, 0.6) is 0 Å². The molecule has 3 rings (SSSR count). The number of nitrogens with zero attached hydrogens (tertiary/aromatic N) is 3. The van der Waals surface area contributed by atoms with Crippen LogP contribution in [0.2, 0.25) is 0 Å². The van der Waals surface area contributed by atoms with Crippen molar-refractivity contribution in [2.45, 2.75) is 51.6 Å². The van der Waals surface area contributed by atoms with Gasteiger partial charge in [0, 0.05) is 6.04 Å². The summed E-state index contributed by atoms with van der Waals surface area (Å²) in [5.74, 6) is 1.12. The van der Waals surface area contributed by atoms with E-state index < -0.39 is 0 Å². The van der Waals surface area contributed by atoms with Gasteiger partial charge in [-0.25, -0.2) is 4.98 Å². The maximum absolute atomic E-state index is 4.88. The number of hydrogen-bond donors (Lipinski definition) is 1. The predicted molar refractivity (Wildman–Crippen MR) is 96.8 cm³/mol. The van der Waals surface area contributed by atoms with Crippen molar-refractivity contribution in [2.75, 3.05) is 27.2 Å². The molecule has 0 amide bonds. The van der Waals surface area contributed by atoms with Crippen molar-refractivity contribution in [1.29, 1.82) is 0 Å². The number of benzene rings is 1. The van der Waals surface area contributed by atoms with Crippen molar-refractivity contribution in [3.63, 3.8) is 0 Å². The summed E-state index contributed by atoms with van der Waals surface area (Å²) in [5, 5.41) is 0. The van der Waals surface area contributed by atoms with E-state index >= 15 is 0 Å². The molecule has 23 heavy (non-hydrogen) atoms. The number of fused-ring (bicyclic) bond motifs is 1. The minimum Gasteiger partial charge on any atom is -0.341 e. The summed E-state index contributed by atoms with van der Waals surface area (Å²) >= 11 is 0. The molecule has 1 aromatic heterocycles. The lowest BCUT2D eigenvalue weighted by molar-refractivity contribution is 0.101. The zero-order valence-electron chi connectivity index (χ0n) is 15.0. The molecule has 1 fully saturated rings. The number of H-pyrrole nitrogens is 1. The Kier molecular flexibility index (Phi) is 5.02. The van der Waals surface area contributed by atoms with Crippen molar-refractivity contribution in [3.05, 3.63) is 29.6 Å². The molecule has 126 valence electrons. The topological polar surface area (TPSA) is 35.2 Å². The Morgan fingerprint density at radius 1 is 1.30 bits per heavy atom. The van der Waals surface area contributed by atoms with Gasteiger partial charge < -0.3 is 9.88 Å².